The molecule has 3 rings (SSSR count). The van der Waals surface area contributed by atoms with Crippen molar-refractivity contribution < 1.29 is 17.9 Å². The number of anilines is 1. The number of nitrogens with zero attached hydrogens (tertiary/aromatic N) is 1. The normalized spacial score (nSPS) is 14.9. The van der Waals surface area contributed by atoms with Crippen molar-refractivity contribution in [1.29, 1.82) is 0 Å². The van der Waals surface area contributed by atoms with E-state index in [1.807, 2.05) is 32.9 Å². The molecule has 0 bridgehead atoms. The molecule has 34 heavy (non-hydrogen) atoms. The number of aryl methyl sites for hydroxylation is 2. The summed E-state index contributed by atoms with van der Waals surface area (Å²) in [6.45, 7) is 6.27. The lowest BCUT2D eigenvalue weighted by Crippen LogP contribution is -2.45. The summed E-state index contributed by atoms with van der Waals surface area (Å²) in [6, 6.07) is 10.3. The van der Waals surface area contributed by atoms with Crippen molar-refractivity contribution in [3.8, 4) is 5.75 Å². The highest BCUT2D eigenvalue weighted by molar-refractivity contribution is 9.10. The van der Waals surface area contributed by atoms with Crippen LogP contribution in [0.25, 0.3) is 0 Å². The van der Waals surface area contributed by atoms with Crippen LogP contribution in [0.3, 0.4) is 0 Å². The van der Waals surface area contributed by atoms with Gasteiger partial charge >= 0.3 is 0 Å². The summed E-state index contributed by atoms with van der Waals surface area (Å²) in [5.41, 5.74) is 2.84. The molecule has 0 aliphatic heterocycles. The molecule has 2 aromatic rings. The summed E-state index contributed by atoms with van der Waals surface area (Å²) in [5, 5.41) is 3.04. The number of halogens is 1. The lowest BCUT2D eigenvalue weighted by Gasteiger charge is -2.33. The zero-order chi connectivity index (χ0) is 24.7. The minimum absolute atomic E-state index is 0.182. The molecule has 1 saturated carbocycles. The summed E-state index contributed by atoms with van der Waals surface area (Å²) in [6.07, 6.45) is 6.09. The van der Waals surface area contributed by atoms with E-state index in [0.29, 0.717) is 12.4 Å². The number of sulfonamides is 1. The lowest BCUT2D eigenvalue weighted by atomic mass is 9.95. The van der Waals surface area contributed by atoms with E-state index in [9.17, 15) is 13.2 Å². The van der Waals surface area contributed by atoms with E-state index >= 15 is 0 Å². The summed E-state index contributed by atoms with van der Waals surface area (Å²) in [5.74, 6) is 0.310. The summed E-state index contributed by atoms with van der Waals surface area (Å²) >= 11 is 3.54. The van der Waals surface area contributed by atoms with Gasteiger partial charge in [0.2, 0.25) is 15.9 Å². The van der Waals surface area contributed by atoms with Gasteiger partial charge in [0.1, 0.15) is 5.75 Å². The van der Waals surface area contributed by atoms with Crippen molar-refractivity contribution >= 4 is 37.5 Å². The van der Waals surface area contributed by atoms with Crippen molar-refractivity contribution in [2.45, 2.75) is 76.7 Å². The number of carbonyl (C=O) groups excluding carboxylic acids is 1. The van der Waals surface area contributed by atoms with Crippen LogP contribution < -0.4 is 10.1 Å². The van der Waals surface area contributed by atoms with Crippen LogP contribution in [-0.4, -0.2) is 37.8 Å². The second kappa shape index (κ2) is 12.2. The molecule has 0 radical (unpaired) electrons. The van der Waals surface area contributed by atoms with Gasteiger partial charge in [0.05, 0.1) is 18.0 Å². The molecule has 1 amide bonds. The molecule has 8 heteroatoms. The maximum Gasteiger partial charge on any atom is 0.243 e. The van der Waals surface area contributed by atoms with Gasteiger partial charge in [0.15, 0.2) is 0 Å². The Labute approximate surface area is 212 Å². The van der Waals surface area contributed by atoms with E-state index in [0.717, 1.165) is 66.2 Å². The molecule has 1 aliphatic rings. The van der Waals surface area contributed by atoms with Gasteiger partial charge < -0.3 is 10.1 Å². The Hall–Kier alpha value is -1.90. The van der Waals surface area contributed by atoms with Crippen LogP contribution in [-0.2, 0) is 27.7 Å². The van der Waals surface area contributed by atoms with Gasteiger partial charge in [-0.1, -0.05) is 49.0 Å². The van der Waals surface area contributed by atoms with Gasteiger partial charge in [0, 0.05) is 16.2 Å². The van der Waals surface area contributed by atoms with E-state index in [1.165, 1.54) is 4.31 Å². The molecule has 0 atom stereocenters. The fraction of sp³-hybridized carbons (Fsp3) is 0.500. The van der Waals surface area contributed by atoms with Crippen LogP contribution in [0.2, 0.25) is 0 Å². The molecule has 1 fully saturated rings. The lowest BCUT2D eigenvalue weighted by molar-refractivity contribution is -0.116. The minimum Gasteiger partial charge on any atom is -0.494 e. The third-order valence-electron chi connectivity index (χ3n) is 6.32. The Balaban J connectivity index is 1.89. The first-order chi connectivity index (χ1) is 16.3. The number of hydrogen-bond acceptors (Lipinski definition) is 4. The highest BCUT2D eigenvalue weighted by Gasteiger charge is 2.34. The maximum atomic E-state index is 13.7. The monoisotopic (exact) mass is 550 g/mol. The smallest absolute Gasteiger partial charge is 0.243 e. The fourth-order valence-electron chi connectivity index (χ4n) is 4.55. The molecule has 1 aliphatic carbocycles. The molecule has 0 saturated heterocycles. The predicted octanol–water partition coefficient (Wildman–Crippen LogP) is 5.93. The Morgan fingerprint density at radius 1 is 1.03 bits per heavy atom. The third-order valence-corrected chi connectivity index (χ3v) is 8.69. The third kappa shape index (κ3) is 6.40. The van der Waals surface area contributed by atoms with Crippen LogP contribution >= 0.6 is 15.9 Å². The maximum absolute atomic E-state index is 13.7. The van der Waals surface area contributed by atoms with Gasteiger partial charge in [-0.3, -0.25) is 4.79 Å². The van der Waals surface area contributed by atoms with Gasteiger partial charge in [-0.05, 0) is 80.1 Å². The van der Waals surface area contributed by atoms with Crippen LogP contribution in [0.5, 0.6) is 5.75 Å². The number of ether oxygens (including phenoxy) is 1. The molecule has 0 unspecified atom stereocenters. The highest BCUT2D eigenvalue weighted by atomic mass is 79.9. The van der Waals surface area contributed by atoms with Crippen LogP contribution in [0.4, 0.5) is 5.69 Å². The Morgan fingerprint density at radius 2 is 1.62 bits per heavy atom. The first-order valence-electron chi connectivity index (χ1n) is 12.2. The second-order valence-corrected chi connectivity index (χ2v) is 11.4. The molecule has 2 aromatic carbocycles. The van der Waals surface area contributed by atoms with E-state index in [4.69, 9.17) is 4.74 Å². The Morgan fingerprint density at radius 3 is 2.15 bits per heavy atom. The number of nitrogens with one attached hydrogen (secondary N) is 1. The van der Waals surface area contributed by atoms with E-state index in [1.54, 1.807) is 24.3 Å². The molecule has 0 aromatic heterocycles. The summed E-state index contributed by atoms with van der Waals surface area (Å²) < 4.78 is 35.2. The molecule has 186 valence electrons. The number of hydrogen-bond donors (Lipinski definition) is 1. The van der Waals surface area contributed by atoms with Crippen molar-refractivity contribution in [1.82, 2.24) is 4.31 Å². The minimum atomic E-state index is -3.85. The largest absolute Gasteiger partial charge is 0.494 e. The molecular weight excluding hydrogens is 516 g/mol. The van der Waals surface area contributed by atoms with E-state index in [2.05, 4.69) is 21.2 Å². The standard InChI is InChI=1S/C26H35BrN2O4S/c1-4-19-16-21(27)17-20(5-2)26(19)28-25(30)18-29(22-10-8-7-9-11-22)34(31,32)24-14-12-23(13-15-24)33-6-3/h12-17,22H,4-11,18H2,1-3H3,(H,28,30). The topological polar surface area (TPSA) is 75.7 Å². The zero-order valence-electron chi connectivity index (χ0n) is 20.3. The Kier molecular flexibility index (Phi) is 9.56. The van der Waals surface area contributed by atoms with Gasteiger partial charge in [0.25, 0.3) is 0 Å². The number of carbonyl (C=O) groups is 1. The highest BCUT2D eigenvalue weighted by Crippen LogP contribution is 2.30. The number of amides is 1. The van der Waals surface area contributed by atoms with E-state index in [-0.39, 0.29) is 23.4 Å². The van der Waals surface area contributed by atoms with Crippen molar-refractivity contribution in [3.05, 3.63) is 52.0 Å². The molecule has 0 heterocycles. The first kappa shape index (κ1) is 26.7. The fourth-order valence-corrected chi connectivity index (χ4v) is 6.75. The average molecular weight is 552 g/mol. The zero-order valence-corrected chi connectivity index (χ0v) is 22.7. The molecule has 1 N–H and O–H groups in total. The van der Waals surface area contributed by atoms with Gasteiger partial charge in [-0.2, -0.15) is 4.31 Å². The van der Waals surface area contributed by atoms with Crippen molar-refractivity contribution in [3.63, 3.8) is 0 Å². The van der Waals surface area contributed by atoms with Crippen LogP contribution in [0.15, 0.2) is 45.8 Å². The van der Waals surface area contributed by atoms with Crippen molar-refractivity contribution in [2.24, 2.45) is 0 Å². The average Bonchev–Trinajstić information content (AvgIpc) is 2.84. The molecular formula is C26H35BrN2O4S. The Bertz CT molecular complexity index is 1060. The predicted molar refractivity (Wildman–Crippen MR) is 140 cm³/mol. The summed E-state index contributed by atoms with van der Waals surface area (Å²) in [4.78, 5) is 13.4. The van der Waals surface area contributed by atoms with Gasteiger partial charge in [-0.15, -0.1) is 0 Å². The number of rotatable bonds is 10. The second-order valence-electron chi connectivity index (χ2n) is 8.60. The first-order valence-corrected chi connectivity index (χ1v) is 14.4. The van der Waals surface area contributed by atoms with Gasteiger partial charge in [-0.25, -0.2) is 8.42 Å². The SMILES string of the molecule is CCOc1ccc(S(=O)(=O)N(CC(=O)Nc2c(CC)cc(Br)cc2CC)C2CCCCC2)cc1. The quantitative estimate of drug-likeness (QED) is 0.397. The molecule has 0 spiro atoms. The molecule has 6 nitrogen and oxygen atoms in total. The van der Waals surface area contributed by atoms with E-state index < -0.39 is 10.0 Å². The van der Waals surface area contributed by atoms with Crippen LogP contribution in [0, 0.1) is 0 Å². The van der Waals surface area contributed by atoms with Crippen LogP contribution in [0.1, 0.15) is 64.0 Å². The van der Waals surface area contributed by atoms with Crippen molar-refractivity contribution in [2.75, 3.05) is 18.5 Å². The summed E-state index contributed by atoms with van der Waals surface area (Å²) in [7, 11) is -3.85. The number of benzene rings is 2.